The number of sulfonamides is 1. The molecule has 4 nitrogen and oxygen atoms in total. The maximum atomic E-state index is 12.4. The SMILES string of the molecule is O=S(=O)(c1cc(Cl)cc(Cl)c1O)N1CCCCC1. The monoisotopic (exact) mass is 309 g/mol. The van der Waals surface area contributed by atoms with Crippen LogP contribution >= 0.6 is 23.2 Å². The Balaban J connectivity index is 2.46. The minimum atomic E-state index is -3.72. The highest BCUT2D eigenvalue weighted by Crippen LogP contribution is 2.36. The van der Waals surface area contributed by atoms with E-state index in [2.05, 4.69) is 0 Å². The van der Waals surface area contributed by atoms with Crippen LogP contribution in [0.25, 0.3) is 0 Å². The van der Waals surface area contributed by atoms with E-state index in [0.717, 1.165) is 19.3 Å². The fraction of sp³-hybridized carbons (Fsp3) is 0.455. The number of aromatic hydroxyl groups is 1. The van der Waals surface area contributed by atoms with Gasteiger partial charge in [0.1, 0.15) is 4.90 Å². The summed E-state index contributed by atoms with van der Waals surface area (Å²) in [5.41, 5.74) is 0. The number of hydrogen-bond acceptors (Lipinski definition) is 3. The van der Waals surface area contributed by atoms with E-state index in [1.807, 2.05) is 0 Å². The lowest BCUT2D eigenvalue weighted by molar-refractivity contribution is 0.344. The summed E-state index contributed by atoms with van der Waals surface area (Å²) in [5.74, 6) is -0.438. The summed E-state index contributed by atoms with van der Waals surface area (Å²) >= 11 is 11.5. The normalized spacial score (nSPS) is 17.9. The average molecular weight is 310 g/mol. The molecule has 0 atom stereocenters. The van der Waals surface area contributed by atoms with Crippen LogP contribution in [-0.2, 0) is 10.0 Å². The highest BCUT2D eigenvalue weighted by Gasteiger charge is 2.29. The van der Waals surface area contributed by atoms with Crippen molar-refractivity contribution in [1.29, 1.82) is 0 Å². The van der Waals surface area contributed by atoms with Gasteiger partial charge in [-0.1, -0.05) is 29.6 Å². The Kier molecular flexibility index (Phi) is 4.06. The molecule has 1 aromatic rings. The van der Waals surface area contributed by atoms with Crippen molar-refractivity contribution in [2.24, 2.45) is 0 Å². The second-order valence-electron chi connectivity index (χ2n) is 4.20. The number of piperidine rings is 1. The maximum absolute atomic E-state index is 12.4. The standard InChI is InChI=1S/C11H13Cl2NO3S/c12-8-6-9(13)11(15)10(7-8)18(16,17)14-4-2-1-3-5-14/h6-7,15H,1-5H2. The van der Waals surface area contributed by atoms with Gasteiger partial charge in [-0.25, -0.2) is 8.42 Å². The topological polar surface area (TPSA) is 57.6 Å². The Morgan fingerprint density at radius 2 is 1.72 bits per heavy atom. The average Bonchev–Trinajstić information content (AvgIpc) is 2.34. The first-order chi connectivity index (χ1) is 8.43. The molecule has 1 aromatic carbocycles. The maximum Gasteiger partial charge on any atom is 0.246 e. The van der Waals surface area contributed by atoms with Crippen molar-refractivity contribution in [2.75, 3.05) is 13.1 Å². The Morgan fingerprint density at radius 3 is 2.33 bits per heavy atom. The van der Waals surface area contributed by atoms with E-state index in [4.69, 9.17) is 23.2 Å². The van der Waals surface area contributed by atoms with Gasteiger partial charge in [0.2, 0.25) is 10.0 Å². The molecule has 0 radical (unpaired) electrons. The second-order valence-corrected chi connectivity index (χ2v) is 6.95. The van der Waals surface area contributed by atoms with E-state index < -0.39 is 15.8 Å². The van der Waals surface area contributed by atoms with Crippen LogP contribution in [-0.4, -0.2) is 30.9 Å². The van der Waals surface area contributed by atoms with Gasteiger partial charge in [0.15, 0.2) is 5.75 Å². The summed E-state index contributed by atoms with van der Waals surface area (Å²) in [6, 6.07) is 2.54. The van der Waals surface area contributed by atoms with Gasteiger partial charge in [0.25, 0.3) is 0 Å². The minimum absolute atomic E-state index is 0.0573. The van der Waals surface area contributed by atoms with Crippen molar-refractivity contribution in [3.63, 3.8) is 0 Å². The summed E-state index contributed by atoms with van der Waals surface area (Å²) in [4.78, 5) is -0.220. The smallest absolute Gasteiger partial charge is 0.246 e. The van der Waals surface area contributed by atoms with Crippen molar-refractivity contribution in [2.45, 2.75) is 24.2 Å². The van der Waals surface area contributed by atoms with Gasteiger partial charge in [-0.05, 0) is 25.0 Å². The molecule has 0 spiro atoms. The quantitative estimate of drug-likeness (QED) is 0.914. The molecule has 0 bridgehead atoms. The molecule has 0 saturated carbocycles. The third kappa shape index (κ3) is 2.59. The summed E-state index contributed by atoms with van der Waals surface area (Å²) < 4.78 is 26.1. The molecule has 1 saturated heterocycles. The molecule has 0 aromatic heterocycles. The number of halogens is 2. The van der Waals surface area contributed by atoms with Crippen LogP contribution in [0.2, 0.25) is 10.0 Å². The summed E-state index contributed by atoms with van der Waals surface area (Å²) in [7, 11) is -3.72. The third-order valence-electron chi connectivity index (χ3n) is 2.93. The molecule has 18 heavy (non-hydrogen) atoms. The first-order valence-electron chi connectivity index (χ1n) is 5.61. The molecule has 2 rings (SSSR count). The zero-order chi connectivity index (χ0) is 13.3. The molecule has 0 amide bonds. The Morgan fingerprint density at radius 1 is 1.11 bits per heavy atom. The molecule has 1 fully saturated rings. The largest absolute Gasteiger partial charge is 0.505 e. The summed E-state index contributed by atoms with van der Waals surface area (Å²) in [5, 5.41) is 9.92. The molecule has 0 aliphatic carbocycles. The Labute approximate surface area is 116 Å². The fourth-order valence-corrected chi connectivity index (χ4v) is 4.24. The van der Waals surface area contributed by atoms with Crippen molar-refractivity contribution in [3.8, 4) is 5.75 Å². The fourth-order valence-electron chi connectivity index (χ4n) is 1.98. The van der Waals surface area contributed by atoms with Gasteiger partial charge in [-0.3, -0.25) is 0 Å². The van der Waals surface area contributed by atoms with Crippen molar-refractivity contribution in [1.82, 2.24) is 4.31 Å². The number of phenols is 1. The van der Waals surface area contributed by atoms with Gasteiger partial charge < -0.3 is 5.11 Å². The molecule has 1 N–H and O–H groups in total. The lowest BCUT2D eigenvalue weighted by atomic mass is 10.2. The predicted molar refractivity (Wildman–Crippen MR) is 70.7 cm³/mol. The zero-order valence-corrected chi connectivity index (χ0v) is 11.9. The number of nitrogens with zero attached hydrogens (tertiary/aromatic N) is 1. The highest BCUT2D eigenvalue weighted by atomic mass is 35.5. The summed E-state index contributed by atoms with van der Waals surface area (Å²) in [6.45, 7) is 0.928. The van der Waals surface area contributed by atoms with Crippen LogP contribution in [0.15, 0.2) is 17.0 Å². The van der Waals surface area contributed by atoms with E-state index in [1.54, 1.807) is 0 Å². The van der Waals surface area contributed by atoms with Crippen molar-refractivity contribution in [3.05, 3.63) is 22.2 Å². The van der Waals surface area contributed by atoms with Crippen LogP contribution in [0.5, 0.6) is 5.75 Å². The molecule has 100 valence electrons. The number of benzene rings is 1. The van der Waals surface area contributed by atoms with Crippen molar-refractivity contribution < 1.29 is 13.5 Å². The zero-order valence-electron chi connectivity index (χ0n) is 9.57. The van der Waals surface area contributed by atoms with E-state index in [-0.39, 0.29) is 14.9 Å². The van der Waals surface area contributed by atoms with Crippen LogP contribution in [0.3, 0.4) is 0 Å². The summed E-state index contributed by atoms with van der Waals surface area (Å²) in [6.07, 6.45) is 2.68. The molecule has 7 heteroatoms. The minimum Gasteiger partial charge on any atom is -0.505 e. The number of hydrogen-bond donors (Lipinski definition) is 1. The Bertz CT molecular complexity index is 554. The first-order valence-corrected chi connectivity index (χ1v) is 7.80. The van der Waals surface area contributed by atoms with Gasteiger partial charge >= 0.3 is 0 Å². The number of phenolic OH excluding ortho intramolecular Hbond substituents is 1. The van der Waals surface area contributed by atoms with Crippen molar-refractivity contribution >= 4 is 33.2 Å². The highest BCUT2D eigenvalue weighted by molar-refractivity contribution is 7.89. The molecular weight excluding hydrogens is 297 g/mol. The molecule has 0 unspecified atom stereocenters. The van der Waals surface area contributed by atoms with E-state index in [1.165, 1.54) is 16.4 Å². The van der Waals surface area contributed by atoms with Gasteiger partial charge in [-0.2, -0.15) is 4.31 Å². The third-order valence-corrected chi connectivity index (χ3v) is 5.34. The lowest BCUT2D eigenvalue weighted by Gasteiger charge is -2.26. The van der Waals surface area contributed by atoms with Gasteiger partial charge in [-0.15, -0.1) is 0 Å². The number of rotatable bonds is 2. The predicted octanol–water partition coefficient (Wildman–Crippen LogP) is 2.87. The van der Waals surface area contributed by atoms with E-state index in [9.17, 15) is 13.5 Å². The second kappa shape index (κ2) is 5.25. The molecule has 1 aliphatic rings. The van der Waals surface area contributed by atoms with Crippen LogP contribution in [0, 0.1) is 0 Å². The van der Waals surface area contributed by atoms with Crippen LogP contribution in [0.1, 0.15) is 19.3 Å². The van der Waals surface area contributed by atoms with E-state index >= 15 is 0 Å². The lowest BCUT2D eigenvalue weighted by Crippen LogP contribution is -2.35. The van der Waals surface area contributed by atoms with E-state index in [0.29, 0.717) is 13.1 Å². The molecule has 1 heterocycles. The molecule has 1 aliphatic heterocycles. The Hall–Kier alpha value is -0.490. The first kappa shape index (κ1) is 13.9. The molecular formula is C11H13Cl2NO3S. The van der Waals surface area contributed by atoms with Gasteiger partial charge in [0, 0.05) is 18.1 Å². The van der Waals surface area contributed by atoms with Gasteiger partial charge in [0.05, 0.1) is 5.02 Å². The van der Waals surface area contributed by atoms with Crippen LogP contribution < -0.4 is 0 Å². The van der Waals surface area contributed by atoms with Crippen LogP contribution in [0.4, 0.5) is 0 Å².